The standard InChI is InChI=1S/C38H38N4S/c1-4-30(42(2)3)24-25-40-37-28(16-20-33-31-14-7-5-10-26(31)17-21-34(33)39)12-9-13-29(37)19-23-36-41-35-22-18-27-11-6-8-15-32(27)38(35)43-36/h4-8,10-11,14-25,40-41H,9,12-13,39H2,1-3H3/b20-16+,25-24-,29-19+,30-4+,36-23-. The van der Waals surface area contributed by atoms with Gasteiger partial charge in [-0.1, -0.05) is 96.7 Å². The van der Waals surface area contributed by atoms with Crippen LogP contribution in [0.3, 0.4) is 0 Å². The molecule has 0 saturated heterocycles. The molecule has 0 bridgehead atoms. The predicted octanol–water partition coefficient (Wildman–Crippen LogP) is 9.58. The molecule has 1 heterocycles. The van der Waals surface area contributed by atoms with Gasteiger partial charge in [0.15, 0.2) is 0 Å². The van der Waals surface area contributed by atoms with E-state index in [0.717, 1.165) is 46.9 Å². The van der Waals surface area contributed by atoms with Gasteiger partial charge >= 0.3 is 0 Å². The van der Waals surface area contributed by atoms with Crippen LogP contribution >= 0.6 is 11.8 Å². The zero-order valence-corrected chi connectivity index (χ0v) is 25.8. The number of allylic oxidation sites excluding steroid dienone is 7. The molecule has 0 radical (unpaired) electrons. The van der Waals surface area contributed by atoms with E-state index in [1.807, 2.05) is 17.8 Å². The minimum Gasteiger partial charge on any atom is -0.398 e. The Labute approximate surface area is 259 Å². The van der Waals surface area contributed by atoms with Crippen LogP contribution in [0.25, 0.3) is 27.6 Å². The first-order valence-corrected chi connectivity index (χ1v) is 15.7. The zero-order chi connectivity index (χ0) is 29.8. The highest BCUT2D eigenvalue weighted by atomic mass is 32.2. The number of likely N-dealkylation sites (N-methyl/N-ethyl adjacent to an activating group) is 1. The van der Waals surface area contributed by atoms with Crippen LogP contribution in [-0.4, -0.2) is 19.0 Å². The van der Waals surface area contributed by atoms with Gasteiger partial charge in [0.05, 0.1) is 10.7 Å². The van der Waals surface area contributed by atoms with Crippen molar-refractivity contribution < 1.29 is 0 Å². The van der Waals surface area contributed by atoms with E-state index in [0.29, 0.717) is 0 Å². The second-order valence-electron chi connectivity index (χ2n) is 11.1. The molecule has 43 heavy (non-hydrogen) atoms. The highest BCUT2D eigenvalue weighted by Crippen LogP contribution is 2.45. The van der Waals surface area contributed by atoms with E-state index in [4.69, 9.17) is 5.73 Å². The lowest BCUT2D eigenvalue weighted by Crippen LogP contribution is -2.15. The first-order chi connectivity index (χ1) is 21.0. The van der Waals surface area contributed by atoms with Crippen molar-refractivity contribution in [3.8, 4) is 0 Å². The molecule has 6 rings (SSSR count). The minimum atomic E-state index is 0.793. The molecule has 1 aliphatic heterocycles. The maximum Gasteiger partial charge on any atom is 0.0775 e. The molecule has 0 amide bonds. The van der Waals surface area contributed by atoms with E-state index >= 15 is 0 Å². The molecule has 4 aromatic carbocycles. The molecule has 1 aliphatic carbocycles. The SMILES string of the molecule is C/C=C(\C=C/NC1=C(/C=C/c2c(N)ccc3ccccc23)CCC/C1=C\C=C1\Nc2ccc3ccccc3c2S1)N(C)C. The molecule has 4 N–H and O–H groups in total. The van der Waals surface area contributed by atoms with Crippen molar-refractivity contribution in [1.82, 2.24) is 10.2 Å². The smallest absolute Gasteiger partial charge is 0.0775 e. The van der Waals surface area contributed by atoms with Gasteiger partial charge in [-0.15, -0.1) is 0 Å². The molecule has 0 saturated carbocycles. The Hall–Kier alpha value is -4.61. The van der Waals surface area contributed by atoms with Crippen LogP contribution in [-0.2, 0) is 0 Å². The van der Waals surface area contributed by atoms with E-state index in [-0.39, 0.29) is 0 Å². The first-order valence-electron chi connectivity index (χ1n) is 14.8. The molecular formula is C38H38N4S. The van der Waals surface area contributed by atoms with Crippen molar-refractivity contribution in [2.24, 2.45) is 0 Å². The Balaban J connectivity index is 1.35. The molecule has 0 atom stereocenters. The number of hydrogen-bond donors (Lipinski definition) is 3. The van der Waals surface area contributed by atoms with E-state index in [9.17, 15) is 0 Å². The summed E-state index contributed by atoms with van der Waals surface area (Å²) in [6.07, 6.45) is 18.3. The Morgan fingerprint density at radius 2 is 1.63 bits per heavy atom. The quantitative estimate of drug-likeness (QED) is 0.150. The number of rotatable bonds is 7. The van der Waals surface area contributed by atoms with Crippen molar-refractivity contribution in [2.45, 2.75) is 31.1 Å². The number of benzene rings is 4. The normalized spacial score (nSPS) is 17.5. The summed E-state index contributed by atoms with van der Waals surface area (Å²) < 4.78 is 0. The average Bonchev–Trinajstić information content (AvgIpc) is 3.46. The lowest BCUT2D eigenvalue weighted by atomic mass is 9.90. The lowest BCUT2D eigenvalue weighted by Gasteiger charge is -2.22. The molecule has 2 aliphatic rings. The van der Waals surface area contributed by atoms with Crippen LogP contribution in [0.4, 0.5) is 11.4 Å². The second-order valence-corrected chi connectivity index (χ2v) is 12.1. The molecular weight excluding hydrogens is 545 g/mol. The number of anilines is 2. The Morgan fingerprint density at radius 1 is 0.884 bits per heavy atom. The molecule has 216 valence electrons. The van der Waals surface area contributed by atoms with Crippen molar-refractivity contribution in [1.29, 1.82) is 0 Å². The summed E-state index contributed by atoms with van der Waals surface area (Å²) >= 11 is 1.81. The number of thioether (sulfide) groups is 1. The largest absolute Gasteiger partial charge is 0.398 e. The number of fused-ring (bicyclic) bond motifs is 4. The van der Waals surface area contributed by atoms with Gasteiger partial charge in [-0.05, 0) is 83.2 Å². The molecule has 0 unspecified atom stereocenters. The van der Waals surface area contributed by atoms with Crippen molar-refractivity contribution >= 4 is 50.8 Å². The van der Waals surface area contributed by atoms with Crippen LogP contribution in [0.15, 0.2) is 142 Å². The van der Waals surface area contributed by atoms with E-state index in [2.05, 4.69) is 146 Å². The second kappa shape index (κ2) is 12.7. The molecule has 4 nitrogen and oxygen atoms in total. The molecule has 0 spiro atoms. The average molecular weight is 583 g/mol. The summed E-state index contributed by atoms with van der Waals surface area (Å²) in [5.41, 5.74) is 14.4. The summed E-state index contributed by atoms with van der Waals surface area (Å²) in [6.45, 7) is 2.06. The van der Waals surface area contributed by atoms with Gasteiger partial charge < -0.3 is 21.3 Å². The summed E-state index contributed by atoms with van der Waals surface area (Å²) in [5, 5.41) is 13.4. The molecule has 0 fully saturated rings. The summed E-state index contributed by atoms with van der Waals surface area (Å²) in [6, 6.07) is 25.5. The predicted molar refractivity (Wildman–Crippen MR) is 188 cm³/mol. The van der Waals surface area contributed by atoms with Gasteiger partial charge in [-0.3, -0.25) is 0 Å². The third-order valence-corrected chi connectivity index (χ3v) is 9.17. The first kappa shape index (κ1) is 28.5. The van der Waals surface area contributed by atoms with E-state index < -0.39 is 0 Å². The van der Waals surface area contributed by atoms with Gasteiger partial charge in [0, 0.05) is 47.8 Å². The van der Waals surface area contributed by atoms with Gasteiger partial charge in [0.2, 0.25) is 0 Å². The van der Waals surface area contributed by atoms with Crippen molar-refractivity contribution in [3.05, 3.63) is 143 Å². The summed E-state index contributed by atoms with van der Waals surface area (Å²) in [7, 11) is 4.13. The maximum atomic E-state index is 6.48. The fraction of sp³-hybridized carbons (Fsp3) is 0.158. The maximum absolute atomic E-state index is 6.48. The minimum absolute atomic E-state index is 0.793. The Morgan fingerprint density at radius 3 is 2.42 bits per heavy atom. The van der Waals surface area contributed by atoms with Crippen molar-refractivity contribution in [2.75, 3.05) is 25.1 Å². The highest BCUT2D eigenvalue weighted by Gasteiger charge is 2.19. The number of nitrogen functional groups attached to an aromatic ring is 1. The monoisotopic (exact) mass is 582 g/mol. The molecule has 0 aromatic heterocycles. The van der Waals surface area contributed by atoms with Crippen LogP contribution in [0, 0.1) is 0 Å². The third kappa shape index (κ3) is 6.13. The van der Waals surface area contributed by atoms with E-state index in [1.54, 1.807) is 0 Å². The molecule has 5 heteroatoms. The summed E-state index contributed by atoms with van der Waals surface area (Å²) in [4.78, 5) is 3.41. The van der Waals surface area contributed by atoms with Crippen LogP contribution in [0.2, 0.25) is 0 Å². The molecule has 4 aromatic rings. The van der Waals surface area contributed by atoms with Crippen LogP contribution in [0.5, 0.6) is 0 Å². The van der Waals surface area contributed by atoms with Gasteiger partial charge in [0.1, 0.15) is 0 Å². The van der Waals surface area contributed by atoms with Crippen LogP contribution in [0.1, 0.15) is 31.7 Å². The zero-order valence-electron chi connectivity index (χ0n) is 25.0. The lowest BCUT2D eigenvalue weighted by molar-refractivity contribution is 0.528. The Bertz CT molecular complexity index is 1870. The summed E-state index contributed by atoms with van der Waals surface area (Å²) in [5.74, 6) is 0. The third-order valence-electron chi connectivity index (χ3n) is 8.07. The number of nitrogens with one attached hydrogen (secondary N) is 2. The van der Waals surface area contributed by atoms with Crippen molar-refractivity contribution in [3.63, 3.8) is 0 Å². The highest BCUT2D eigenvalue weighted by molar-refractivity contribution is 8.04. The van der Waals surface area contributed by atoms with Crippen LogP contribution < -0.4 is 16.4 Å². The number of nitrogens with two attached hydrogens (primary N) is 1. The van der Waals surface area contributed by atoms with Gasteiger partial charge in [-0.25, -0.2) is 0 Å². The Kier molecular flexibility index (Phi) is 8.43. The van der Waals surface area contributed by atoms with E-state index in [1.165, 1.54) is 43.3 Å². The fourth-order valence-corrected chi connectivity index (χ4v) is 6.85. The number of nitrogens with zero attached hydrogens (tertiary/aromatic N) is 1. The number of hydrogen-bond acceptors (Lipinski definition) is 5. The fourth-order valence-electron chi connectivity index (χ4n) is 5.81. The van der Waals surface area contributed by atoms with Gasteiger partial charge in [-0.2, -0.15) is 0 Å². The topological polar surface area (TPSA) is 53.3 Å². The van der Waals surface area contributed by atoms with Gasteiger partial charge in [0.25, 0.3) is 0 Å².